The van der Waals surface area contributed by atoms with Gasteiger partial charge in [-0.15, -0.1) is 0 Å². The second kappa shape index (κ2) is 6.89. The van der Waals surface area contributed by atoms with Crippen molar-refractivity contribution < 1.29 is 19.4 Å². The maximum Gasteiger partial charge on any atom is 0.321 e. The number of carbonyl (C=O) groups is 2. The SMILES string of the molecule is CC1CC[C@@H](C(C)C)C(OC(=O)C[C@H](N)C(=O)O)C1. The number of nitrogens with two attached hydrogens (primary N) is 1. The molecule has 1 aliphatic carbocycles. The summed E-state index contributed by atoms with van der Waals surface area (Å²) in [6.07, 6.45) is 2.71. The highest BCUT2D eigenvalue weighted by Gasteiger charge is 2.33. The molecule has 0 radical (unpaired) electrons. The summed E-state index contributed by atoms with van der Waals surface area (Å²) in [5.41, 5.74) is 5.34. The molecule has 19 heavy (non-hydrogen) atoms. The minimum atomic E-state index is -1.17. The highest BCUT2D eigenvalue weighted by atomic mass is 16.5. The minimum absolute atomic E-state index is 0.0998. The number of hydrogen-bond donors (Lipinski definition) is 2. The van der Waals surface area contributed by atoms with Crippen molar-refractivity contribution in [1.29, 1.82) is 0 Å². The van der Waals surface area contributed by atoms with Crippen LogP contribution in [0.2, 0.25) is 0 Å². The Labute approximate surface area is 114 Å². The zero-order valence-electron chi connectivity index (χ0n) is 12.0. The van der Waals surface area contributed by atoms with Gasteiger partial charge in [-0.3, -0.25) is 9.59 Å². The van der Waals surface area contributed by atoms with Gasteiger partial charge in [-0.1, -0.05) is 27.2 Å². The summed E-state index contributed by atoms with van der Waals surface area (Å²) < 4.78 is 5.47. The van der Waals surface area contributed by atoms with Crippen LogP contribution in [0.25, 0.3) is 0 Å². The summed E-state index contributed by atoms with van der Waals surface area (Å²) in [6, 6.07) is -1.17. The molecule has 0 spiro atoms. The highest BCUT2D eigenvalue weighted by Crippen LogP contribution is 2.35. The van der Waals surface area contributed by atoms with Crippen LogP contribution < -0.4 is 5.73 Å². The van der Waals surface area contributed by atoms with E-state index in [1.54, 1.807) is 0 Å². The fraction of sp³-hybridized carbons (Fsp3) is 0.857. The van der Waals surface area contributed by atoms with Crippen LogP contribution in [0.15, 0.2) is 0 Å². The summed E-state index contributed by atoms with van der Waals surface area (Å²) in [5, 5.41) is 8.69. The van der Waals surface area contributed by atoms with Crippen molar-refractivity contribution in [1.82, 2.24) is 0 Å². The molecule has 1 fully saturated rings. The van der Waals surface area contributed by atoms with Crippen LogP contribution in [0.1, 0.15) is 46.5 Å². The van der Waals surface area contributed by atoms with Crippen molar-refractivity contribution in [2.24, 2.45) is 23.5 Å². The molecule has 0 heterocycles. The zero-order valence-corrected chi connectivity index (χ0v) is 12.0. The standard InChI is InChI=1S/C14H25NO4/c1-8(2)10-5-4-9(3)6-12(10)19-13(16)7-11(15)14(17)18/h8-12H,4-7,15H2,1-3H3,(H,17,18)/t9?,10-,11-,12?/m0/s1. The molecule has 5 heteroatoms. The molecule has 110 valence electrons. The Morgan fingerprint density at radius 3 is 2.53 bits per heavy atom. The predicted molar refractivity (Wildman–Crippen MR) is 71.5 cm³/mol. The number of carboxylic acid groups (broad SMARTS) is 1. The van der Waals surface area contributed by atoms with Gasteiger partial charge in [0.05, 0.1) is 6.42 Å². The van der Waals surface area contributed by atoms with E-state index in [1.807, 2.05) is 0 Å². The molecule has 0 amide bonds. The maximum absolute atomic E-state index is 11.7. The van der Waals surface area contributed by atoms with Crippen LogP contribution in [0.5, 0.6) is 0 Å². The van der Waals surface area contributed by atoms with E-state index in [2.05, 4.69) is 20.8 Å². The van der Waals surface area contributed by atoms with Gasteiger partial charge in [0.15, 0.2) is 0 Å². The van der Waals surface area contributed by atoms with Crippen LogP contribution in [-0.4, -0.2) is 29.2 Å². The molecule has 0 aromatic heterocycles. The van der Waals surface area contributed by atoms with Crippen LogP contribution in [-0.2, 0) is 14.3 Å². The van der Waals surface area contributed by atoms with Gasteiger partial charge in [-0.2, -0.15) is 0 Å². The summed E-state index contributed by atoms with van der Waals surface area (Å²) >= 11 is 0. The van der Waals surface area contributed by atoms with Gasteiger partial charge >= 0.3 is 11.9 Å². The molecule has 1 rings (SSSR count). The third-order valence-corrected chi connectivity index (χ3v) is 3.95. The average molecular weight is 271 g/mol. The lowest BCUT2D eigenvalue weighted by Crippen LogP contribution is -2.38. The van der Waals surface area contributed by atoms with Crippen molar-refractivity contribution >= 4 is 11.9 Å². The van der Waals surface area contributed by atoms with Gasteiger partial charge in [-0.25, -0.2) is 0 Å². The normalized spacial score (nSPS) is 29.0. The number of esters is 1. The van der Waals surface area contributed by atoms with E-state index in [0.29, 0.717) is 17.8 Å². The van der Waals surface area contributed by atoms with Gasteiger partial charge in [0.2, 0.25) is 0 Å². The van der Waals surface area contributed by atoms with E-state index < -0.39 is 18.0 Å². The zero-order chi connectivity index (χ0) is 14.6. The third-order valence-electron chi connectivity index (χ3n) is 3.95. The smallest absolute Gasteiger partial charge is 0.321 e. The van der Waals surface area contributed by atoms with Crippen molar-refractivity contribution in [3.63, 3.8) is 0 Å². The monoisotopic (exact) mass is 271 g/mol. The Morgan fingerprint density at radius 2 is 2.00 bits per heavy atom. The van der Waals surface area contributed by atoms with Gasteiger partial charge < -0.3 is 15.6 Å². The lowest BCUT2D eigenvalue weighted by Gasteiger charge is -2.36. The van der Waals surface area contributed by atoms with E-state index in [-0.39, 0.29) is 12.5 Å². The molecule has 0 bridgehead atoms. The molecule has 0 aromatic carbocycles. The number of carbonyl (C=O) groups excluding carboxylic acids is 1. The van der Waals surface area contributed by atoms with Gasteiger partial charge in [0.1, 0.15) is 12.1 Å². The van der Waals surface area contributed by atoms with Gasteiger partial charge in [-0.05, 0) is 30.6 Å². The van der Waals surface area contributed by atoms with Crippen molar-refractivity contribution in [3.8, 4) is 0 Å². The minimum Gasteiger partial charge on any atom is -0.480 e. The van der Waals surface area contributed by atoms with E-state index in [4.69, 9.17) is 15.6 Å². The molecular formula is C14H25NO4. The van der Waals surface area contributed by atoms with Crippen LogP contribution in [0, 0.1) is 17.8 Å². The summed E-state index contributed by atoms with van der Waals surface area (Å²) in [7, 11) is 0. The molecule has 5 nitrogen and oxygen atoms in total. The fourth-order valence-corrected chi connectivity index (χ4v) is 2.73. The summed E-state index contributed by atoms with van der Waals surface area (Å²) in [4.78, 5) is 22.4. The first-order valence-electron chi connectivity index (χ1n) is 6.99. The molecule has 1 aliphatic rings. The lowest BCUT2D eigenvalue weighted by molar-refractivity contribution is -0.158. The van der Waals surface area contributed by atoms with Gasteiger partial charge in [0, 0.05) is 0 Å². The number of hydrogen-bond acceptors (Lipinski definition) is 4. The Balaban J connectivity index is 2.56. The molecule has 3 N–H and O–H groups in total. The first kappa shape index (κ1) is 16.0. The van der Waals surface area contributed by atoms with Crippen LogP contribution in [0.3, 0.4) is 0 Å². The Bertz CT molecular complexity index is 329. The Hall–Kier alpha value is -1.10. The molecule has 2 unspecified atom stereocenters. The predicted octanol–water partition coefficient (Wildman–Crippen LogP) is 1.79. The van der Waals surface area contributed by atoms with Crippen molar-refractivity contribution in [3.05, 3.63) is 0 Å². The van der Waals surface area contributed by atoms with E-state index in [0.717, 1.165) is 19.3 Å². The van der Waals surface area contributed by atoms with Crippen molar-refractivity contribution in [2.75, 3.05) is 0 Å². The van der Waals surface area contributed by atoms with Gasteiger partial charge in [0.25, 0.3) is 0 Å². The maximum atomic E-state index is 11.7. The lowest BCUT2D eigenvalue weighted by atomic mass is 9.75. The quantitative estimate of drug-likeness (QED) is 0.744. The summed E-state index contributed by atoms with van der Waals surface area (Å²) in [5.74, 6) is -0.311. The van der Waals surface area contributed by atoms with Crippen LogP contribution >= 0.6 is 0 Å². The van der Waals surface area contributed by atoms with E-state index >= 15 is 0 Å². The average Bonchev–Trinajstić information content (AvgIpc) is 2.27. The second-order valence-electron chi connectivity index (χ2n) is 6.00. The first-order valence-corrected chi connectivity index (χ1v) is 6.99. The molecule has 0 aliphatic heterocycles. The number of rotatable bonds is 5. The molecule has 0 saturated heterocycles. The molecule has 0 aromatic rings. The largest absolute Gasteiger partial charge is 0.480 e. The van der Waals surface area contributed by atoms with Crippen molar-refractivity contribution in [2.45, 2.75) is 58.6 Å². The first-order chi connectivity index (χ1) is 8.81. The summed E-state index contributed by atoms with van der Waals surface area (Å²) in [6.45, 7) is 6.41. The Morgan fingerprint density at radius 1 is 1.37 bits per heavy atom. The molecule has 4 atom stereocenters. The molecule has 1 saturated carbocycles. The fourth-order valence-electron chi connectivity index (χ4n) is 2.73. The topological polar surface area (TPSA) is 89.6 Å². The van der Waals surface area contributed by atoms with Crippen LogP contribution in [0.4, 0.5) is 0 Å². The van der Waals surface area contributed by atoms with E-state index in [1.165, 1.54) is 0 Å². The highest BCUT2D eigenvalue weighted by molar-refractivity contribution is 5.81. The Kier molecular flexibility index (Phi) is 5.79. The number of aliphatic carboxylic acids is 1. The number of carboxylic acids is 1. The molecular weight excluding hydrogens is 246 g/mol. The number of ether oxygens (including phenoxy) is 1. The van der Waals surface area contributed by atoms with E-state index in [9.17, 15) is 9.59 Å². The second-order valence-corrected chi connectivity index (χ2v) is 6.00. The third kappa shape index (κ3) is 4.82.